The molecular formula is C16H27NO. The second-order valence-corrected chi connectivity index (χ2v) is 5.89. The zero-order valence-electron chi connectivity index (χ0n) is 12.6. The van der Waals surface area contributed by atoms with Crippen molar-refractivity contribution in [2.24, 2.45) is 0 Å². The summed E-state index contributed by atoms with van der Waals surface area (Å²) in [5.41, 5.74) is 3.89. The molecule has 2 nitrogen and oxygen atoms in total. The van der Waals surface area contributed by atoms with E-state index in [1.165, 1.54) is 16.7 Å². The number of nitrogens with one attached hydrogen (secondary N) is 1. The first-order valence-corrected chi connectivity index (χ1v) is 6.78. The molecule has 0 spiro atoms. The summed E-state index contributed by atoms with van der Waals surface area (Å²) in [5, 5.41) is 3.51. The van der Waals surface area contributed by atoms with E-state index in [0.717, 1.165) is 6.54 Å². The molecular weight excluding hydrogens is 222 g/mol. The fourth-order valence-corrected chi connectivity index (χ4v) is 2.05. The van der Waals surface area contributed by atoms with E-state index in [-0.39, 0.29) is 11.6 Å². The average Bonchev–Trinajstić information content (AvgIpc) is 2.24. The van der Waals surface area contributed by atoms with Crippen LogP contribution in [0.5, 0.6) is 0 Å². The molecule has 102 valence electrons. The van der Waals surface area contributed by atoms with Crippen molar-refractivity contribution in [3.05, 3.63) is 34.9 Å². The Hall–Kier alpha value is -0.860. The van der Waals surface area contributed by atoms with E-state index in [0.29, 0.717) is 6.61 Å². The van der Waals surface area contributed by atoms with Crippen molar-refractivity contribution in [2.45, 2.75) is 53.2 Å². The van der Waals surface area contributed by atoms with Crippen molar-refractivity contribution in [1.82, 2.24) is 5.32 Å². The normalized spacial score (nSPS) is 13.7. The molecule has 0 radical (unpaired) electrons. The predicted molar refractivity (Wildman–Crippen MR) is 78.0 cm³/mol. The van der Waals surface area contributed by atoms with Gasteiger partial charge in [-0.3, -0.25) is 0 Å². The molecule has 0 saturated heterocycles. The van der Waals surface area contributed by atoms with E-state index in [2.05, 4.69) is 65.1 Å². The van der Waals surface area contributed by atoms with Gasteiger partial charge in [0.2, 0.25) is 0 Å². The molecule has 1 atom stereocenters. The average molecular weight is 249 g/mol. The van der Waals surface area contributed by atoms with Crippen LogP contribution in [0.4, 0.5) is 0 Å². The Kier molecular flexibility index (Phi) is 5.36. The van der Waals surface area contributed by atoms with Crippen LogP contribution < -0.4 is 5.32 Å². The molecule has 0 aromatic heterocycles. The number of rotatable bonds is 5. The maximum atomic E-state index is 5.92. The van der Waals surface area contributed by atoms with Crippen LogP contribution in [0.25, 0.3) is 0 Å². The Bertz CT molecular complexity index is 379. The Balaban J connectivity index is 2.83. The lowest BCUT2D eigenvalue weighted by Crippen LogP contribution is -2.30. The fourth-order valence-electron chi connectivity index (χ4n) is 2.05. The minimum Gasteiger partial charge on any atom is -0.374 e. The Morgan fingerprint density at radius 1 is 1.22 bits per heavy atom. The Morgan fingerprint density at radius 2 is 1.89 bits per heavy atom. The first-order chi connectivity index (χ1) is 8.33. The summed E-state index contributed by atoms with van der Waals surface area (Å²) in [6.07, 6.45) is 0. The van der Waals surface area contributed by atoms with Gasteiger partial charge in [-0.25, -0.2) is 0 Å². The smallest absolute Gasteiger partial charge is 0.0668 e. The molecule has 2 heteroatoms. The number of aryl methyl sites for hydroxylation is 2. The van der Waals surface area contributed by atoms with Gasteiger partial charge in [0.25, 0.3) is 0 Å². The quantitative estimate of drug-likeness (QED) is 0.857. The maximum Gasteiger partial charge on any atom is 0.0668 e. The summed E-state index contributed by atoms with van der Waals surface area (Å²) in [7, 11) is 0. The van der Waals surface area contributed by atoms with Crippen LogP contribution in [0, 0.1) is 13.8 Å². The van der Waals surface area contributed by atoms with Crippen LogP contribution in [0.1, 0.15) is 50.4 Å². The van der Waals surface area contributed by atoms with Crippen LogP contribution >= 0.6 is 0 Å². The summed E-state index contributed by atoms with van der Waals surface area (Å²) >= 11 is 0. The molecule has 1 unspecified atom stereocenters. The topological polar surface area (TPSA) is 21.3 Å². The molecule has 0 bridgehead atoms. The highest BCUT2D eigenvalue weighted by atomic mass is 16.5. The minimum absolute atomic E-state index is 0.0910. The highest BCUT2D eigenvalue weighted by Gasteiger charge is 2.17. The lowest BCUT2D eigenvalue weighted by Gasteiger charge is -2.26. The maximum absolute atomic E-state index is 5.92. The molecule has 1 aromatic carbocycles. The largest absolute Gasteiger partial charge is 0.374 e. The summed E-state index contributed by atoms with van der Waals surface area (Å²) in [6.45, 7) is 14.4. The lowest BCUT2D eigenvalue weighted by molar-refractivity contribution is -0.0147. The predicted octanol–water partition coefficient (Wildman–Crippen LogP) is 3.77. The van der Waals surface area contributed by atoms with E-state index < -0.39 is 0 Å². The van der Waals surface area contributed by atoms with E-state index in [9.17, 15) is 0 Å². The van der Waals surface area contributed by atoms with Crippen molar-refractivity contribution in [3.8, 4) is 0 Å². The third kappa shape index (κ3) is 4.79. The van der Waals surface area contributed by atoms with Gasteiger partial charge < -0.3 is 10.1 Å². The molecule has 1 rings (SSSR count). The third-order valence-electron chi connectivity index (χ3n) is 2.93. The lowest BCUT2D eigenvalue weighted by atomic mass is 9.99. The molecule has 18 heavy (non-hydrogen) atoms. The summed E-state index contributed by atoms with van der Waals surface area (Å²) in [6, 6.07) is 6.89. The van der Waals surface area contributed by atoms with Crippen molar-refractivity contribution in [1.29, 1.82) is 0 Å². The molecule has 0 aliphatic heterocycles. The van der Waals surface area contributed by atoms with E-state index in [4.69, 9.17) is 4.74 Å². The summed E-state index contributed by atoms with van der Waals surface area (Å²) in [4.78, 5) is 0. The second-order valence-electron chi connectivity index (χ2n) is 5.89. The highest BCUT2D eigenvalue weighted by molar-refractivity contribution is 5.32. The Morgan fingerprint density at radius 3 is 2.39 bits per heavy atom. The zero-order chi connectivity index (χ0) is 13.8. The molecule has 0 saturated carbocycles. The fraction of sp³-hybridized carbons (Fsp3) is 0.625. The monoisotopic (exact) mass is 249 g/mol. The minimum atomic E-state index is -0.0910. The first-order valence-electron chi connectivity index (χ1n) is 6.78. The number of ether oxygens (including phenoxy) is 1. The second kappa shape index (κ2) is 6.35. The van der Waals surface area contributed by atoms with Gasteiger partial charge in [-0.2, -0.15) is 0 Å². The number of likely N-dealkylation sites (N-methyl/N-ethyl adjacent to an activating group) is 1. The van der Waals surface area contributed by atoms with Gasteiger partial charge in [0, 0.05) is 0 Å². The summed E-state index contributed by atoms with van der Waals surface area (Å²) < 4.78 is 5.92. The molecule has 0 fully saturated rings. The number of hydrogen-bond acceptors (Lipinski definition) is 2. The molecule has 0 amide bonds. The van der Waals surface area contributed by atoms with Gasteiger partial charge in [0.1, 0.15) is 0 Å². The van der Waals surface area contributed by atoms with Crippen molar-refractivity contribution < 1.29 is 4.74 Å². The van der Waals surface area contributed by atoms with Crippen LogP contribution in [-0.2, 0) is 4.74 Å². The third-order valence-corrected chi connectivity index (χ3v) is 2.93. The molecule has 1 N–H and O–H groups in total. The van der Waals surface area contributed by atoms with Gasteiger partial charge in [-0.1, -0.05) is 30.7 Å². The van der Waals surface area contributed by atoms with E-state index in [1.54, 1.807) is 0 Å². The summed E-state index contributed by atoms with van der Waals surface area (Å²) in [5.74, 6) is 0. The van der Waals surface area contributed by atoms with E-state index >= 15 is 0 Å². The van der Waals surface area contributed by atoms with Crippen LogP contribution in [0.15, 0.2) is 18.2 Å². The molecule has 1 aromatic rings. The van der Waals surface area contributed by atoms with Gasteiger partial charge in [0.15, 0.2) is 0 Å². The van der Waals surface area contributed by atoms with Gasteiger partial charge in [-0.15, -0.1) is 0 Å². The molecule has 0 heterocycles. The number of benzene rings is 1. The first kappa shape index (κ1) is 15.2. The van der Waals surface area contributed by atoms with Crippen molar-refractivity contribution >= 4 is 0 Å². The van der Waals surface area contributed by atoms with Crippen LogP contribution in [0.3, 0.4) is 0 Å². The standard InChI is InChI=1S/C16H27NO/c1-7-17-15(11-18-16(4,5)6)14-9-8-12(2)10-13(14)3/h8-10,15,17H,7,11H2,1-6H3. The van der Waals surface area contributed by atoms with Crippen molar-refractivity contribution in [2.75, 3.05) is 13.2 Å². The van der Waals surface area contributed by atoms with Crippen LogP contribution in [-0.4, -0.2) is 18.8 Å². The van der Waals surface area contributed by atoms with Crippen LogP contribution in [0.2, 0.25) is 0 Å². The molecule has 0 aliphatic rings. The van der Waals surface area contributed by atoms with Gasteiger partial charge >= 0.3 is 0 Å². The van der Waals surface area contributed by atoms with E-state index in [1.807, 2.05) is 0 Å². The Labute approximate surface area is 112 Å². The number of hydrogen-bond donors (Lipinski definition) is 1. The van der Waals surface area contributed by atoms with Gasteiger partial charge in [-0.05, 0) is 52.3 Å². The SMILES string of the molecule is CCNC(COC(C)(C)C)c1ccc(C)cc1C. The highest BCUT2D eigenvalue weighted by Crippen LogP contribution is 2.21. The van der Waals surface area contributed by atoms with Gasteiger partial charge in [0.05, 0.1) is 18.2 Å². The molecule has 0 aliphatic carbocycles. The van der Waals surface area contributed by atoms with Crippen molar-refractivity contribution in [3.63, 3.8) is 0 Å². The zero-order valence-corrected chi connectivity index (χ0v) is 12.6.